The number of carbonyl (C=O) groups is 2. The number of thioether (sulfide) groups is 1. The number of amides is 1. The molecule has 1 amide bonds. The van der Waals surface area contributed by atoms with Crippen LogP contribution in [0.25, 0.3) is 0 Å². The lowest BCUT2D eigenvalue weighted by Crippen LogP contribution is -2.28. The smallest absolute Gasteiger partial charge is 0.351 e. The zero-order valence-electron chi connectivity index (χ0n) is 17.0. The molecule has 0 bridgehead atoms. The van der Waals surface area contributed by atoms with Crippen LogP contribution in [-0.2, 0) is 4.74 Å². The number of aliphatic hydroxyl groups excluding tert-OH is 1. The van der Waals surface area contributed by atoms with Crippen LogP contribution in [0, 0.1) is 0 Å². The molecule has 8 nitrogen and oxygen atoms in total. The first-order chi connectivity index (χ1) is 15.5. The van der Waals surface area contributed by atoms with E-state index in [-0.39, 0.29) is 28.7 Å². The van der Waals surface area contributed by atoms with E-state index in [9.17, 15) is 19.5 Å². The summed E-state index contributed by atoms with van der Waals surface area (Å²) in [4.78, 5) is 41.3. The Hall–Kier alpha value is -3.27. The molecule has 0 radical (unpaired) electrons. The van der Waals surface area contributed by atoms with Gasteiger partial charge >= 0.3 is 5.69 Å². The first-order valence-corrected chi connectivity index (χ1v) is 10.9. The van der Waals surface area contributed by atoms with Crippen LogP contribution in [0.2, 0.25) is 0 Å². The highest BCUT2D eigenvalue weighted by Gasteiger charge is 2.38. The third kappa shape index (κ3) is 4.96. The maximum Gasteiger partial charge on any atom is 0.351 e. The number of aliphatic hydroxyl groups is 1. The van der Waals surface area contributed by atoms with Gasteiger partial charge in [-0.25, -0.2) is 4.79 Å². The van der Waals surface area contributed by atoms with Crippen molar-refractivity contribution in [1.29, 1.82) is 0 Å². The molecule has 1 aliphatic heterocycles. The number of ether oxygens (including phenoxy) is 1. The summed E-state index contributed by atoms with van der Waals surface area (Å²) < 4.78 is 7.13. The zero-order valence-corrected chi connectivity index (χ0v) is 17.8. The van der Waals surface area contributed by atoms with Gasteiger partial charge < -0.3 is 15.2 Å². The second kappa shape index (κ2) is 9.90. The van der Waals surface area contributed by atoms with Crippen LogP contribution >= 0.6 is 11.8 Å². The molecular formula is C23H21N3O5S. The fraction of sp³-hybridized carbons (Fsp3) is 0.217. The lowest BCUT2D eigenvalue weighted by atomic mass is 10.2. The van der Waals surface area contributed by atoms with Crippen LogP contribution < -0.4 is 11.0 Å². The molecule has 1 aliphatic rings. The Labute approximate surface area is 188 Å². The lowest BCUT2D eigenvalue weighted by Gasteiger charge is -2.15. The van der Waals surface area contributed by atoms with E-state index in [0.717, 1.165) is 11.8 Å². The molecule has 1 saturated heterocycles. The van der Waals surface area contributed by atoms with E-state index in [4.69, 9.17) is 4.74 Å². The van der Waals surface area contributed by atoms with Crippen molar-refractivity contribution >= 4 is 28.6 Å². The SMILES string of the molecule is O=C(Nc1ccn([C@H]2C[C@H](SC(=O)c3ccccc3)[C@@H](CO)O2)c(=O)n1)c1ccccc1. The summed E-state index contributed by atoms with van der Waals surface area (Å²) in [6.07, 6.45) is 0.571. The van der Waals surface area contributed by atoms with E-state index in [1.807, 2.05) is 6.07 Å². The Morgan fingerprint density at radius 2 is 1.72 bits per heavy atom. The van der Waals surface area contributed by atoms with E-state index < -0.39 is 18.0 Å². The Bertz CT molecular complexity index is 1150. The normalized spacial score (nSPS) is 20.1. The number of hydrogen-bond donors (Lipinski definition) is 2. The average molecular weight is 452 g/mol. The molecule has 1 aromatic heterocycles. The van der Waals surface area contributed by atoms with Gasteiger partial charge in [0.15, 0.2) is 0 Å². The van der Waals surface area contributed by atoms with E-state index in [2.05, 4.69) is 10.3 Å². The molecule has 2 N–H and O–H groups in total. The highest BCUT2D eigenvalue weighted by Crippen LogP contribution is 2.36. The van der Waals surface area contributed by atoms with Crippen LogP contribution in [0.1, 0.15) is 33.4 Å². The van der Waals surface area contributed by atoms with Crippen LogP contribution in [0.3, 0.4) is 0 Å². The number of nitrogens with one attached hydrogen (secondary N) is 1. The summed E-state index contributed by atoms with van der Waals surface area (Å²) in [5.74, 6) is -0.245. The molecule has 0 aliphatic carbocycles. The number of carbonyl (C=O) groups excluding carboxylic acids is 2. The van der Waals surface area contributed by atoms with Gasteiger partial charge in [-0.1, -0.05) is 60.3 Å². The number of nitrogens with zero attached hydrogens (tertiary/aromatic N) is 2. The predicted molar refractivity (Wildman–Crippen MR) is 121 cm³/mol. The molecule has 4 rings (SSSR count). The van der Waals surface area contributed by atoms with Crippen molar-refractivity contribution in [3.05, 3.63) is 94.5 Å². The molecule has 1 fully saturated rings. The van der Waals surface area contributed by atoms with Crippen LogP contribution in [0.5, 0.6) is 0 Å². The minimum Gasteiger partial charge on any atom is -0.394 e. The Morgan fingerprint density at radius 3 is 2.34 bits per heavy atom. The van der Waals surface area contributed by atoms with Gasteiger partial charge in [0.2, 0.25) is 5.12 Å². The monoisotopic (exact) mass is 451 g/mol. The molecule has 0 unspecified atom stereocenters. The summed E-state index contributed by atoms with van der Waals surface area (Å²) in [6.45, 7) is -0.274. The number of benzene rings is 2. The molecule has 2 aromatic carbocycles. The van der Waals surface area contributed by atoms with Gasteiger partial charge in [0.05, 0.1) is 12.7 Å². The Balaban J connectivity index is 1.45. The molecule has 2 heterocycles. The molecule has 164 valence electrons. The summed E-state index contributed by atoms with van der Waals surface area (Å²) >= 11 is 1.09. The van der Waals surface area contributed by atoms with E-state index >= 15 is 0 Å². The summed E-state index contributed by atoms with van der Waals surface area (Å²) in [7, 11) is 0. The molecule has 0 saturated carbocycles. The number of anilines is 1. The Morgan fingerprint density at radius 1 is 1.06 bits per heavy atom. The van der Waals surface area contributed by atoms with Gasteiger partial charge in [-0.2, -0.15) is 4.98 Å². The highest BCUT2D eigenvalue weighted by molar-refractivity contribution is 8.14. The molecule has 3 aromatic rings. The van der Waals surface area contributed by atoms with Crippen molar-refractivity contribution in [3.63, 3.8) is 0 Å². The lowest BCUT2D eigenvalue weighted by molar-refractivity contribution is -0.0236. The van der Waals surface area contributed by atoms with Gasteiger partial charge in [0.1, 0.15) is 12.0 Å². The maximum atomic E-state index is 12.6. The van der Waals surface area contributed by atoms with Crippen molar-refractivity contribution in [2.75, 3.05) is 11.9 Å². The summed E-state index contributed by atoms with van der Waals surface area (Å²) in [5.41, 5.74) is 0.416. The minimum absolute atomic E-state index is 0.122. The Kier molecular flexibility index (Phi) is 6.79. The molecule has 3 atom stereocenters. The molecule has 0 spiro atoms. The van der Waals surface area contributed by atoms with E-state index in [1.54, 1.807) is 54.6 Å². The van der Waals surface area contributed by atoms with Gasteiger partial charge in [-0.15, -0.1) is 0 Å². The van der Waals surface area contributed by atoms with Gasteiger partial charge in [-0.3, -0.25) is 14.2 Å². The maximum absolute atomic E-state index is 12.6. The predicted octanol–water partition coefficient (Wildman–Crippen LogP) is 2.72. The van der Waals surface area contributed by atoms with E-state index in [0.29, 0.717) is 17.5 Å². The highest BCUT2D eigenvalue weighted by atomic mass is 32.2. The number of hydrogen-bond acceptors (Lipinski definition) is 7. The zero-order chi connectivity index (χ0) is 22.5. The summed E-state index contributed by atoms with van der Waals surface area (Å²) in [6, 6.07) is 19.0. The quantitative estimate of drug-likeness (QED) is 0.593. The van der Waals surface area contributed by atoms with Crippen LogP contribution in [-0.4, -0.2) is 43.6 Å². The van der Waals surface area contributed by atoms with Crippen LogP contribution in [0.15, 0.2) is 77.7 Å². The van der Waals surface area contributed by atoms with E-state index in [1.165, 1.54) is 16.8 Å². The number of rotatable bonds is 6. The van der Waals surface area contributed by atoms with Gasteiger partial charge in [0.25, 0.3) is 5.91 Å². The fourth-order valence-corrected chi connectivity index (χ4v) is 4.53. The van der Waals surface area contributed by atoms with Gasteiger partial charge in [0, 0.05) is 29.0 Å². The first kappa shape index (κ1) is 21.9. The standard InChI is InChI=1S/C23H21N3O5S/c27-14-17-18(32-22(29)16-9-5-2-6-10-16)13-20(31-17)26-12-11-19(25-23(26)30)24-21(28)15-7-3-1-4-8-15/h1-12,17-18,20,27H,13-14H2,(H,24,25,28,30)/t17-,18+,20-/m1/s1. The first-order valence-electron chi connectivity index (χ1n) is 10.0. The molecular weight excluding hydrogens is 430 g/mol. The second-order valence-corrected chi connectivity index (χ2v) is 8.39. The van der Waals surface area contributed by atoms with Crippen molar-refractivity contribution in [3.8, 4) is 0 Å². The second-order valence-electron chi connectivity index (χ2n) is 7.18. The van der Waals surface area contributed by atoms with Crippen molar-refractivity contribution in [1.82, 2.24) is 9.55 Å². The largest absolute Gasteiger partial charge is 0.394 e. The van der Waals surface area contributed by atoms with Crippen molar-refractivity contribution in [2.45, 2.75) is 24.0 Å². The fourth-order valence-electron chi connectivity index (χ4n) is 3.42. The summed E-state index contributed by atoms with van der Waals surface area (Å²) in [5, 5.41) is 11.9. The molecule has 32 heavy (non-hydrogen) atoms. The topological polar surface area (TPSA) is 111 Å². The van der Waals surface area contributed by atoms with Crippen molar-refractivity contribution < 1.29 is 19.4 Å². The minimum atomic E-state index is -0.674. The van der Waals surface area contributed by atoms with Crippen LogP contribution in [0.4, 0.5) is 5.82 Å². The third-order valence-corrected chi connectivity index (χ3v) is 6.29. The van der Waals surface area contributed by atoms with Gasteiger partial charge in [-0.05, 0) is 18.2 Å². The van der Waals surface area contributed by atoms with Crippen molar-refractivity contribution in [2.24, 2.45) is 0 Å². The number of aromatic nitrogens is 2. The molecule has 9 heteroatoms. The third-order valence-electron chi connectivity index (χ3n) is 5.05. The average Bonchev–Trinajstić information content (AvgIpc) is 3.22.